The number of nitrogens with zero attached hydrogens (tertiary/aromatic N) is 1. The van der Waals surface area contributed by atoms with Gasteiger partial charge in [-0.3, -0.25) is 9.69 Å². The van der Waals surface area contributed by atoms with Gasteiger partial charge in [0.2, 0.25) is 0 Å². The Morgan fingerprint density at radius 2 is 1.89 bits per heavy atom. The summed E-state index contributed by atoms with van der Waals surface area (Å²) in [6.45, 7) is 8.82. The molecule has 18 heavy (non-hydrogen) atoms. The molecule has 1 aliphatic heterocycles. The van der Waals surface area contributed by atoms with Crippen molar-refractivity contribution >= 4 is 5.78 Å². The number of nitrogens with one attached hydrogen (secondary N) is 1. The highest BCUT2D eigenvalue weighted by atomic mass is 16.1. The molecule has 3 heteroatoms. The number of rotatable bonds is 2. The van der Waals surface area contributed by atoms with Gasteiger partial charge in [-0.25, -0.2) is 0 Å². The minimum absolute atomic E-state index is 0.0282. The van der Waals surface area contributed by atoms with E-state index in [1.807, 2.05) is 20.0 Å². The first-order valence-electron chi connectivity index (χ1n) is 6.53. The van der Waals surface area contributed by atoms with Gasteiger partial charge in [0.1, 0.15) is 0 Å². The van der Waals surface area contributed by atoms with Gasteiger partial charge in [-0.1, -0.05) is 6.07 Å². The number of ketones is 1. The molecule has 1 heterocycles. The molecule has 2 rings (SSSR count). The number of carbonyl (C=O) groups excluding carboxylic acids is 1. The van der Waals surface area contributed by atoms with Crippen molar-refractivity contribution in [1.82, 2.24) is 10.2 Å². The summed E-state index contributed by atoms with van der Waals surface area (Å²) in [6.07, 6.45) is 0. The normalized spacial score (nSPS) is 21.0. The summed E-state index contributed by atoms with van der Waals surface area (Å²) in [5.74, 6) is 0.241. The molecule has 0 bridgehead atoms. The van der Waals surface area contributed by atoms with Crippen LogP contribution in [-0.4, -0.2) is 43.4 Å². The van der Waals surface area contributed by atoms with Crippen molar-refractivity contribution in [3.8, 4) is 0 Å². The molecule has 0 spiro atoms. The van der Waals surface area contributed by atoms with Crippen LogP contribution >= 0.6 is 0 Å². The fourth-order valence-electron chi connectivity index (χ4n) is 2.50. The second-order valence-corrected chi connectivity index (χ2v) is 5.32. The largest absolute Gasteiger partial charge is 0.313 e. The van der Waals surface area contributed by atoms with Crippen molar-refractivity contribution in [2.24, 2.45) is 0 Å². The first-order valence-corrected chi connectivity index (χ1v) is 6.53. The van der Waals surface area contributed by atoms with Gasteiger partial charge in [-0.15, -0.1) is 0 Å². The Labute approximate surface area is 109 Å². The summed E-state index contributed by atoms with van der Waals surface area (Å²) in [5, 5.41) is 3.30. The first-order chi connectivity index (χ1) is 8.50. The van der Waals surface area contributed by atoms with Gasteiger partial charge in [0.25, 0.3) is 0 Å². The summed E-state index contributed by atoms with van der Waals surface area (Å²) in [5.41, 5.74) is 4.40. The van der Waals surface area contributed by atoms with Crippen LogP contribution < -0.4 is 5.32 Å². The number of hydrogen-bond donors (Lipinski definition) is 1. The Bertz CT molecular complexity index is 468. The predicted molar refractivity (Wildman–Crippen MR) is 74.3 cm³/mol. The third kappa shape index (κ3) is 2.47. The number of Topliss-reactive ketones (excluding diaryl/α,β-unsaturated/α-hetero) is 1. The maximum Gasteiger partial charge on any atom is 0.181 e. The molecule has 3 nitrogen and oxygen atoms in total. The monoisotopic (exact) mass is 246 g/mol. The topological polar surface area (TPSA) is 32.3 Å². The zero-order valence-corrected chi connectivity index (χ0v) is 11.7. The van der Waals surface area contributed by atoms with Crippen molar-refractivity contribution in [3.05, 3.63) is 34.4 Å². The molecule has 1 N–H and O–H groups in total. The Kier molecular flexibility index (Phi) is 3.83. The van der Waals surface area contributed by atoms with Gasteiger partial charge in [0, 0.05) is 25.2 Å². The van der Waals surface area contributed by atoms with Crippen molar-refractivity contribution in [3.63, 3.8) is 0 Å². The van der Waals surface area contributed by atoms with E-state index >= 15 is 0 Å². The van der Waals surface area contributed by atoms with Crippen molar-refractivity contribution in [1.29, 1.82) is 0 Å². The summed E-state index contributed by atoms with van der Waals surface area (Å²) in [7, 11) is 2.03. The van der Waals surface area contributed by atoms with E-state index < -0.39 is 0 Å². The van der Waals surface area contributed by atoms with Crippen LogP contribution in [0.4, 0.5) is 0 Å². The van der Waals surface area contributed by atoms with E-state index in [2.05, 4.69) is 30.1 Å². The molecule has 98 valence electrons. The van der Waals surface area contributed by atoms with E-state index in [-0.39, 0.29) is 11.8 Å². The van der Waals surface area contributed by atoms with Crippen LogP contribution in [-0.2, 0) is 0 Å². The molecule has 1 atom stereocenters. The summed E-state index contributed by atoms with van der Waals surface area (Å²) in [6, 6.07) is 4.12. The van der Waals surface area contributed by atoms with Crippen LogP contribution in [0.1, 0.15) is 27.0 Å². The molecular formula is C15H22N2O. The van der Waals surface area contributed by atoms with E-state index in [1.54, 1.807) is 0 Å². The highest BCUT2D eigenvalue weighted by Gasteiger charge is 2.27. The standard InChI is InChI=1S/C15H22N2O/c1-10-7-12(3)13(8-11(10)2)15(18)14-9-16-5-6-17(14)4/h7-8,14,16H,5-6,9H2,1-4H3. The first kappa shape index (κ1) is 13.2. The van der Waals surface area contributed by atoms with Gasteiger partial charge in [-0.2, -0.15) is 0 Å². The second kappa shape index (κ2) is 5.21. The minimum Gasteiger partial charge on any atom is -0.313 e. The lowest BCUT2D eigenvalue weighted by Crippen LogP contribution is -2.53. The van der Waals surface area contributed by atoms with E-state index in [1.165, 1.54) is 11.1 Å². The van der Waals surface area contributed by atoms with E-state index in [0.717, 1.165) is 30.8 Å². The summed E-state index contributed by atoms with van der Waals surface area (Å²) in [4.78, 5) is 14.8. The Morgan fingerprint density at radius 1 is 1.22 bits per heavy atom. The highest BCUT2D eigenvalue weighted by molar-refractivity contribution is 6.01. The van der Waals surface area contributed by atoms with Crippen LogP contribution in [0.15, 0.2) is 12.1 Å². The maximum absolute atomic E-state index is 12.6. The van der Waals surface area contributed by atoms with E-state index in [0.29, 0.717) is 0 Å². The number of benzene rings is 1. The third-order valence-electron chi connectivity index (χ3n) is 3.92. The van der Waals surface area contributed by atoms with Crippen LogP contribution in [0.5, 0.6) is 0 Å². The molecule has 0 aromatic heterocycles. The third-order valence-corrected chi connectivity index (χ3v) is 3.92. The molecule has 1 fully saturated rings. The summed E-state index contributed by atoms with van der Waals surface area (Å²) < 4.78 is 0. The van der Waals surface area contributed by atoms with Crippen LogP contribution in [0.3, 0.4) is 0 Å². The van der Waals surface area contributed by atoms with Crippen molar-refractivity contribution in [2.75, 3.05) is 26.7 Å². The Hall–Kier alpha value is -1.19. The molecule has 1 aliphatic rings. The zero-order valence-electron chi connectivity index (χ0n) is 11.7. The van der Waals surface area contributed by atoms with Gasteiger partial charge < -0.3 is 5.32 Å². The maximum atomic E-state index is 12.6. The molecule has 1 saturated heterocycles. The van der Waals surface area contributed by atoms with E-state index in [4.69, 9.17) is 0 Å². The molecule has 1 aromatic rings. The second-order valence-electron chi connectivity index (χ2n) is 5.32. The molecule has 0 saturated carbocycles. The smallest absolute Gasteiger partial charge is 0.181 e. The van der Waals surface area contributed by atoms with Gasteiger partial charge in [0.05, 0.1) is 6.04 Å². The number of hydrogen-bond acceptors (Lipinski definition) is 3. The highest BCUT2D eigenvalue weighted by Crippen LogP contribution is 2.18. The quantitative estimate of drug-likeness (QED) is 0.806. The molecule has 1 unspecified atom stereocenters. The summed E-state index contributed by atoms with van der Waals surface area (Å²) >= 11 is 0. The lowest BCUT2D eigenvalue weighted by Gasteiger charge is -2.32. The fourth-order valence-corrected chi connectivity index (χ4v) is 2.50. The molecular weight excluding hydrogens is 224 g/mol. The zero-order chi connectivity index (χ0) is 13.3. The predicted octanol–water partition coefficient (Wildman–Crippen LogP) is 1.70. The minimum atomic E-state index is -0.0282. The van der Waals surface area contributed by atoms with Gasteiger partial charge in [0.15, 0.2) is 5.78 Å². The van der Waals surface area contributed by atoms with Crippen molar-refractivity contribution in [2.45, 2.75) is 26.8 Å². The number of piperazine rings is 1. The van der Waals surface area contributed by atoms with Gasteiger partial charge >= 0.3 is 0 Å². The number of carbonyl (C=O) groups is 1. The number of aryl methyl sites for hydroxylation is 3. The molecule has 1 aromatic carbocycles. The molecule has 0 aliphatic carbocycles. The van der Waals surface area contributed by atoms with Crippen molar-refractivity contribution < 1.29 is 4.79 Å². The van der Waals surface area contributed by atoms with Crippen LogP contribution in [0.2, 0.25) is 0 Å². The molecule has 0 radical (unpaired) electrons. The number of likely N-dealkylation sites (N-methyl/N-ethyl adjacent to an activating group) is 1. The van der Waals surface area contributed by atoms with Gasteiger partial charge in [-0.05, 0) is 50.6 Å². The molecule has 0 amide bonds. The Morgan fingerprint density at radius 3 is 2.56 bits per heavy atom. The lowest BCUT2D eigenvalue weighted by molar-refractivity contribution is 0.0818. The SMILES string of the molecule is Cc1cc(C)c(C(=O)C2CNCCN2C)cc1C. The van der Waals surface area contributed by atoms with Crippen LogP contribution in [0.25, 0.3) is 0 Å². The average molecular weight is 246 g/mol. The lowest BCUT2D eigenvalue weighted by atomic mass is 9.94. The fraction of sp³-hybridized carbons (Fsp3) is 0.533. The Balaban J connectivity index is 2.30. The van der Waals surface area contributed by atoms with E-state index in [9.17, 15) is 4.79 Å². The average Bonchev–Trinajstić information content (AvgIpc) is 2.33. The van der Waals surface area contributed by atoms with Crippen LogP contribution in [0, 0.1) is 20.8 Å².